The molecule has 1 amide bonds. The third-order valence-electron chi connectivity index (χ3n) is 6.10. The van der Waals surface area contributed by atoms with Crippen molar-refractivity contribution in [2.45, 2.75) is 31.7 Å². The van der Waals surface area contributed by atoms with Crippen LogP contribution < -0.4 is 10.6 Å². The number of aliphatic hydroxyl groups is 1. The number of carbonyl (C=O) groups excluding carboxylic acids is 1. The number of alkyl halides is 3. The molecule has 6 nitrogen and oxygen atoms in total. The monoisotopic (exact) mass is 522 g/mol. The zero-order valence-electron chi connectivity index (χ0n) is 20.7. The molecule has 3 aromatic carbocycles. The van der Waals surface area contributed by atoms with Gasteiger partial charge in [0, 0.05) is 31.2 Å². The molecule has 0 fully saturated rings. The molecule has 0 saturated heterocycles. The summed E-state index contributed by atoms with van der Waals surface area (Å²) in [6, 6.07) is 22.0. The Bertz CT molecular complexity index is 1300. The lowest BCUT2D eigenvalue weighted by Crippen LogP contribution is -2.23. The highest BCUT2D eigenvalue weighted by Gasteiger charge is 2.29. The lowest BCUT2D eigenvalue weighted by atomic mass is 10.1. The molecule has 1 atom stereocenters. The summed E-state index contributed by atoms with van der Waals surface area (Å²) in [4.78, 5) is 16.8. The summed E-state index contributed by atoms with van der Waals surface area (Å²) in [7, 11) is 0. The molecule has 1 aromatic heterocycles. The normalized spacial score (nSPS) is 12.3. The fourth-order valence-corrected chi connectivity index (χ4v) is 4.02. The van der Waals surface area contributed by atoms with Crippen LogP contribution in [0.1, 0.15) is 34.2 Å². The second kappa shape index (κ2) is 12.5. The van der Waals surface area contributed by atoms with Crippen LogP contribution in [-0.2, 0) is 30.4 Å². The maximum Gasteiger partial charge on any atom is 0.416 e. The number of anilines is 1. The highest BCUT2D eigenvalue weighted by atomic mass is 19.4. The minimum absolute atomic E-state index is 0.0308. The first kappa shape index (κ1) is 27.1. The smallest absolute Gasteiger partial charge is 0.387 e. The molecule has 1 heterocycles. The molecule has 4 aromatic rings. The Kier molecular flexibility index (Phi) is 8.93. The number of hydrogen-bond donors (Lipinski definition) is 3. The first-order valence-corrected chi connectivity index (χ1v) is 12.3. The number of nitrogens with zero attached hydrogens (tertiary/aromatic N) is 2. The summed E-state index contributed by atoms with van der Waals surface area (Å²) in [5.41, 5.74) is 2.61. The first-order valence-electron chi connectivity index (χ1n) is 12.3. The van der Waals surface area contributed by atoms with Crippen molar-refractivity contribution in [2.24, 2.45) is 0 Å². The summed E-state index contributed by atoms with van der Waals surface area (Å²) < 4.78 is 40.1. The van der Waals surface area contributed by atoms with Crippen molar-refractivity contribution in [3.8, 4) is 0 Å². The average molecular weight is 523 g/mol. The quantitative estimate of drug-likeness (QED) is 0.242. The van der Waals surface area contributed by atoms with Gasteiger partial charge >= 0.3 is 6.18 Å². The average Bonchev–Trinajstić information content (AvgIpc) is 3.33. The van der Waals surface area contributed by atoms with E-state index in [-0.39, 0.29) is 12.3 Å². The van der Waals surface area contributed by atoms with Gasteiger partial charge in [0.05, 0.1) is 18.1 Å². The van der Waals surface area contributed by atoms with Gasteiger partial charge in [-0.1, -0.05) is 54.6 Å². The van der Waals surface area contributed by atoms with Crippen LogP contribution in [0.25, 0.3) is 0 Å². The van der Waals surface area contributed by atoms with Crippen molar-refractivity contribution in [3.05, 3.63) is 119 Å². The molecule has 0 radical (unpaired) electrons. The van der Waals surface area contributed by atoms with E-state index < -0.39 is 17.8 Å². The van der Waals surface area contributed by atoms with Crippen LogP contribution >= 0.6 is 0 Å². The number of carbonyl (C=O) groups is 1. The highest BCUT2D eigenvalue weighted by molar-refractivity contribution is 5.91. The zero-order valence-corrected chi connectivity index (χ0v) is 20.7. The predicted octanol–water partition coefficient (Wildman–Crippen LogP) is 5.00. The van der Waals surface area contributed by atoms with Gasteiger partial charge in [-0.25, -0.2) is 4.98 Å². The summed E-state index contributed by atoms with van der Waals surface area (Å²) in [5.74, 6) is 0.275. The number of nitrogens with one attached hydrogen (secondary N) is 2. The third kappa shape index (κ3) is 7.77. The minimum atomic E-state index is -4.38. The fraction of sp³-hybridized carbons (Fsp3) is 0.241. The van der Waals surface area contributed by atoms with Gasteiger partial charge < -0.3 is 20.3 Å². The van der Waals surface area contributed by atoms with E-state index in [1.54, 1.807) is 17.0 Å². The van der Waals surface area contributed by atoms with E-state index in [0.717, 1.165) is 29.7 Å². The van der Waals surface area contributed by atoms with Gasteiger partial charge in [-0.05, 0) is 53.9 Å². The zero-order chi connectivity index (χ0) is 27.0. The molecule has 0 aliphatic rings. The number of amides is 1. The van der Waals surface area contributed by atoms with Crippen LogP contribution in [0.2, 0.25) is 0 Å². The summed E-state index contributed by atoms with van der Waals surface area (Å²) >= 11 is 0. The Morgan fingerprint density at radius 2 is 1.63 bits per heavy atom. The van der Waals surface area contributed by atoms with Crippen molar-refractivity contribution in [2.75, 3.05) is 18.4 Å². The van der Waals surface area contributed by atoms with Gasteiger partial charge in [0.25, 0.3) is 0 Å². The van der Waals surface area contributed by atoms with Crippen molar-refractivity contribution in [1.29, 1.82) is 0 Å². The highest BCUT2D eigenvalue weighted by Crippen LogP contribution is 2.29. The summed E-state index contributed by atoms with van der Waals surface area (Å²) in [5, 5.41) is 16.3. The maximum absolute atomic E-state index is 12.8. The second-order valence-electron chi connectivity index (χ2n) is 8.97. The number of benzene rings is 3. The van der Waals surface area contributed by atoms with Gasteiger partial charge in [0.2, 0.25) is 5.91 Å². The lowest BCUT2D eigenvalue weighted by molar-refractivity contribution is -0.137. The molecule has 0 spiro atoms. The molecular formula is C29H29F3N4O2. The third-order valence-corrected chi connectivity index (χ3v) is 6.10. The Balaban J connectivity index is 1.22. The number of aliphatic hydroxyl groups excluding tert-OH is 1. The molecule has 3 N–H and O–H groups in total. The van der Waals surface area contributed by atoms with Crippen LogP contribution in [0.15, 0.2) is 91.3 Å². The molecule has 0 saturated carbocycles. The molecule has 4 rings (SSSR count). The van der Waals surface area contributed by atoms with E-state index >= 15 is 0 Å². The van der Waals surface area contributed by atoms with Crippen LogP contribution in [0, 0.1) is 0 Å². The largest absolute Gasteiger partial charge is 0.416 e. The number of rotatable bonds is 11. The predicted molar refractivity (Wildman–Crippen MR) is 140 cm³/mol. The number of halogens is 3. The molecule has 0 aliphatic carbocycles. The van der Waals surface area contributed by atoms with Crippen molar-refractivity contribution >= 4 is 11.6 Å². The number of imidazole rings is 1. The van der Waals surface area contributed by atoms with Crippen molar-refractivity contribution in [1.82, 2.24) is 14.9 Å². The van der Waals surface area contributed by atoms with Gasteiger partial charge in [0.15, 0.2) is 0 Å². The Labute approximate surface area is 219 Å². The Hall–Kier alpha value is -3.95. The van der Waals surface area contributed by atoms with Crippen LogP contribution in [-0.4, -0.2) is 33.7 Å². The van der Waals surface area contributed by atoms with E-state index in [0.29, 0.717) is 36.7 Å². The lowest BCUT2D eigenvalue weighted by Gasteiger charge is -2.12. The topological polar surface area (TPSA) is 79.2 Å². The molecule has 0 unspecified atom stereocenters. The van der Waals surface area contributed by atoms with Crippen molar-refractivity contribution in [3.63, 3.8) is 0 Å². The molecular weight excluding hydrogens is 493 g/mol. The summed E-state index contributed by atoms with van der Waals surface area (Å²) in [6.07, 6.45) is -0.867. The molecule has 0 aliphatic heterocycles. The fourth-order valence-electron chi connectivity index (χ4n) is 4.02. The standard InChI is InChI=1S/C29H29F3N4O2/c30-29(31,32)24-10-6-22(7-11-24)20-36-17-16-34-27(36)18-28(38)35-25-12-8-21(9-13-25)14-15-33-19-26(37)23-4-2-1-3-5-23/h1-13,16-17,26,33,37H,14-15,18-20H2,(H,35,38)/t26-/m0/s1. The Morgan fingerprint density at radius 1 is 0.947 bits per heavy atom. The number of aromatic nitrogens is 2. The maximum atomic E-state index is 12.8. The molecule has 0 bridgehead atoms. The van der Waals surface area contributed by atoms with E-state index in [2.05, 4.69) is 15.6 Å². The van der Waals surface area contributed by atoms with Crippen molar-refractivity contribution < 1.29 is 23.1 Å². The Morgan fingerprint density at radius 3 is 2.32 bits per heavy atom. The molecule has 9 heteroatoms. The van der Waals surface area contributed by atoms with E-state index in [1.807, 2.05) is 54.6 Å². The van der Waals surface area contributed by atoms with Gasteiger partial charge in [-0.3, -0.25) is 4.79 Å². The van der Waals surface area contributed by atoms with Gasteiger partial charge in [0.1, 0.15) is 5.82 Å². The van der Waals surface area contributed by atoms with E-state index in [4.69, 9.17) is 0 Å². The van der Waals surface area contributed by atoms with Crippen LogP contribution in [0.5, 0.6) is 0 Å². The second-order valence-corrected chi connectivity index (χ2v) is 8.97. The SMILES string of the molecule is O=C(Cc1nccn1Cc1ccc(C(F)(F)F)cc1)Nc1ccc(CCNC[C@H](O)c2ccccc2)cc1. The van der Waals surface area contributed by atoms with E-state index in [9.17, 15) is 23.1 Å². The summed E-state index contributed by atoms with van der Waals surface area (Å²) in [6.45, 7) is 1.48. The van der Waals surface area contributed by atoms with E-state index in [1.165, 1.54) is 12.1 Å². The van der Waals surface area contributed by atoms with Crippen LogP contribution in [0.3, 0.4) is 0 Å². The first-order chi connectivity index (χ1) is 18.3. The molecule has 38 heavy (non-hydrogen) atoms. The molecule has 198 valence electrons. The van der Waals surface area contributed by atoms with Gasteiger partial charge in [-0.2, -0.15) is 13.2 Å². The van der Waals surface area contributed by atoms with Crippen LogP contribution in [0.4, 0.5) is 18.9 Å². The number of hydrogen-bond acceptors (Lipinski definition) is 4. The van der Waals surface area contributed by atoms with Gasteiger partial charge in [-0.15, -0.1) is 0 Å². The minimum Gasteiger partial charge on any atom is -0.387 e.